The Morgan fingerprint density at radius 3 is 2.31 bits per heavy atom. The SMILES string of the molecule is CCN(C(=O)C(C)(C)Oc1ccc(F)cc1F)c1ccc([N+](=O)[O-])cc1. The third-order valence-corrected chi connectivity index (χ3v) is 3.71. The molecular formula is C18H18F2N2O4. The Bertz CT molecular complexity index is 822. The summed E-state index contributed by atoms with van der Waals surface area (Å²) in [6.07, 6.45) is 0. The molecule has 0 heterocycles. The number of likely N-dealkylation sites (N-methyl/N-ethyl adjacent to an activating group) is 1. The van der Waals surface area contributed by atoms with Gasteiger partial charge < -0.3 is 9.64 Å². The molecule has 0 N–H and O–H groups in total. The van der Waals surface area contributed by atoms with Crippen LogP contribution >= 0.6 is 0 Å². The predicted octanol–water partition coefficient (Wildman–Crippen LogP) is 4.08. The van der Waals surface area contributed by atoms with Crippen LogP contribution in [0.25, 0.3) is 0 Å². The third kappa shape index (κ3) is 4.14. The molecular weight excluding hydrogens is 346 g/mol. The molecule has 0 radical (unpaired) electrons. The van der Waals surface area contributed by atoms with Gasteiger partial charge in [0, 0.05) is 30.4 Å². The van der Waals surface area contributed by atoms with Crippen molar-refractivity contribution in [3.63, 3.8) is 0 Å². The number of rotatable bonds is 6. The fraction of sp³-hybridized carbons (Fsp3) is 0.278. The Morgan fingerprint density at radius 2 is 1.81 bits per heavy atom. The smallest absolute Gasteiger partial charge is 0.270 e. The number of nitro groups is 1. The second kappa shape index (κ2) is 7.47. The quantitative estimate of drug-likeness (QED) is 0.572. The summed E-state index contributed by atoms with van der Waals surface area (Å²) in [4.78, 5) is 24.4. The highest BCUT2D eigenvalue weighted by molar-refractivity contribution is 5.99. The monoisotopic (exact) mass is 364 g/mol. The van der Waals surface area contributed by atoms with Crippen molar-refractivity contribution in [2.45, 2.75) is 26.4 Å². The molecule has 0 atom stereocenters. The van der Waals surface area contributed by atoms with E-state index in [1.165, 1.54) is 43.0 Å². The standard InChI is InChI=1S/C18H18F2N2O4/c1-4-21(13-6-8-14(9-7-13)22(24)25)17(23)18(2,3)26-16-10-5-12(19)11-15(16)20/h5-11H,4H2,1-3H3. The van der Waals surface area contributed by atoms with Crippen LogP contribution in [0.4, 0.5) is 20.2 Å². The van der Waals surface area contributed by atoms with Crippen LogP contribution < -0.4 is 9.64 Å². The summed E-state index contributed by atoms with van der Waals surface area (Å²) in [6, 6.07) is 8.30. The van der Waals surface area contributed by atoms with E-state index in [0.29, 0.717) is 11.8 Å². The maximum absolute atomic E-state index is 13.8. The normalized spacial score (nSPS) is 11.1. The van der Waals surface area contributed by atoms with Gasteiger partial charge in [-0.3, -0.25) is 14.9 Å². The first-order chi connectivity index (χ1) is 12.2. The molecule has 0 bridgehead atoms. The zero-order valence-corrected chi connectivity index (χ0v) is 14.5. The highest BCUT2D eigenvalue weighted by atomic mass is 19.1. The summed E-state index contributed by atoms with van der Waals surface area (Å²) in [5.74, 6) is -2.38. The Kier molecular flexibility index (Phi) is 5.54. The maximum atomic E-state index is 13.8. The molecule has 0 aromatic heterocycles. The number of anilines is 1. The van der Waals surface area contributed by atoms with E-state index in [2.05, 4.69) is 0 Å². The first-order valence-electron chi connectivity index (χ1n) is 7.86. The number of carbonyl (C=O) groups is 1. The van der Waals surface area contributed by atoms with Gasteiger partial charge in [0.1, 0.15) is 5.82 Å². The van der Waals surface area contributed by atoms with Crippen molar-refractivity contribution in [1.82, 2.24) is 0 Å². The van der Waals surface area contributed by atoms with E-state index in [9.17, 15) is 23.7 Å². The number of benzene rings is 2. The molecule has 0 spiro atoms. The molecule has 138 valence electrons. The maximum Gasteiger partial charge on any atom is 0.270 e. The van der Waals surface area contributed by atoms with Crippen molar-refractivity contribution >= 4 is 17.3 Å². The van der Waals surface area contributed by atoms with Gasteiger partial charge in [0.2, 0.25) is 0 Å². The van der Waals surface area contributed by atoms with Crippen LogP contribution in [0.2, 0.25) is 0 Å². The van der Waals surface area contributed by atoms with Gasteiger partial charge in [-0.15, -0.1) is 0 Å². The van der Waals surface area contributed by atoms with Gasteiger partial charge >= 0.3 is 0 Å². The van der Waals surface area contributed by atoms with Gasteiger partial charge in [-0.05, 0) is 45.0 Å². The zero-order chi connectivity index (χ0) is 19.5. The van der Waals surface area contributed by atoms with Crippen LogP contribution in [0.5, 0.6) is 5.75 Å². The zero-order valence-electron chi connectivity index (χ0n) is 14.5. The molecule has 0 fully saturated rings. The lowest BCUT2D eigenvalue weighted by atomic mass is 10.1. The molecule has 0 saturated heterocycles. The van der Waals surface area contributed by atoms with Crippen LogP contribution in [-0.4, -0.2) is 23.0 Å². The Morgan fingerprint density at radius 1 is 1.19 bits per heavy atom. The van der Waals surface area contributed by atoms with E-state index in [1.807, 2.05) is 0 Å². The minimum Gasteiger partial charge on any atom is -0.475 e. The van der Waals surface area contributed by atoms with Crippen molar-refractivity contribution in [1.29, 1.82) is 0 Å². The summed E-state index contributed by atoms with van der Waals surface area (Å²) in [5, 5.41) is 10.7. The number of hydrogen-bond donors (Lipinski definition) is 0. The largest absolute Gasteiger partial charge is 0.475 e. The number of nitrogens with zero attached hydrogens (tertiary/aromatic N) is 2. The number of non-ortho nitro benzene ring substituents is 1. The first-order valence-corrected chi connectivity index (χ1v) is 7.86. The van der Waals surface area contributed by atoms with Gasteiger partial charge in [-0.2, -0.15) is 0 Å². The third-order valence-electron chi connectivity index (χ3n) is 3.71. The Balaban J connectivity index is 2.26. The van der Waals surface area contributed by atoms with Crippen LogP contribution in [0.1, 0.15) is 20.8 Å². The highest BCUT2D eigenvalue weighted by Gasteiger charge is 2.35. The topological polar surface area (TPSA) is 72.7 Å². The van der Waals surface area contributed by atoms with E-state index >= 15 is 0 Å². The molecule has 0 aliphatic carbocycles. The van der Waals surface area contributed by atoms with E-state index in [0.717, 1.165) is 12.1 Å². The molecule has 1 amide bonds. The summed E-state index contributed by atoms with van der Waals surface area (Å²) >= 11 is 0. The highest BCUT2D eigenvalue weighted by Crippen LogP contribution is 2.27. The Hall–Kier alpha value is -3.03. The lowest BCUT2D eigenvalue weighted by Crippen LogP contribution is -2.49. The van der Waals surface area contributed by atoms with Crippen molar-refractivity contribution < 1.29 is 23.2 Å². The van der Waals surface area contributed by atoms with Crippen LogP contribution in [0, 0.1) is 21.7 Å². The number of amides is 1. The molecule has 2 aromatic rings. The second-order valence-electron chi connectivity index (χ2n) is 6.01. The lowest BCUT2D eigenvalue weighted by Gasteiger charge is -2.32. The molecule has 0 saturated carbocycles. The molecule has 0 unspecified atom stereocenters. The number of ether oxygens (including phenoxy) is 1. The molecule has 8 heteroatoms. The molecule has 0 aliphatic heterocycles. The average molecular weight is 364 g/mol. The van der Waals surface area contributed by atoms with Crippen LogP contribution in [0.15, 0.2) is 42.5 Å². The number of carbonyl (C=O) groups excluding carboxylic acids is 1. The molecule has 0 aliphatic rings. The van der Waals surface area contributed by atoms with Gasteiger partial charge in [0.15, 0.2) is 17.2 Å². The van der Waals surface area contributed by atoms with Crippen molar-refractivity contribution in [3.8, 4) is 5.75 Å². The minimum atomic E-state index is -1.45. The van der Waals surface area contributed by atoms with Crippen LogP contribution in [-0.2, 0) is 4.79 Å². The lowest BCUT2D eigenvalue weighted by molar-refractivity contribution is -0.384. The first kappa shape index (κ1) is 19.3. The molecule has 6 nitrogen and oxygen atoms in total. The molecule has 26 heavy (non-hydrogen) atoms. The fourth-order valence-corrected chi connectivity index (χ4v) is 2.40. The summed E-state index contributed by atoms with van der Waals surface area (Å²) < 4.78 is 32.3. The van der Waals surface area contributed by atoms with Crippen molar-refractivity contribution in [2.24, 2.45) is 0 Å². The molecule has 2 aromatic carbocycles. The predicted molar refractivity (Wildman–Crippen MR) is 92.2 cm³/mol. The summed E-state index contributed by atoms with van der Waals surface area (Å²) in [7, 11) is 0. The van der Waals surface area contributed by atoms with Gasteiger partial charge in [0.25, 0.3) is 11.6 Å². The Labute approximate surface area is 149 Å². The molecule has 2 rings (SSSR count). The van der Waals surface area contributed by atoms with E-state index in [4.69, 9.17) is 4.74 Å². The van der Waals surface area contributed by atoms with Gasteiger partial charge in [0.05, 0.1) is 4.92 Å². The van der Waals surface area contributed by atoms with E-state index < -0.39 is 28.1 Å². The van der Waals surface area contributed by atoms with Crippen molar-refractivity contribution in [3.05, 3.63) is 64.2 Å². The van der Waals surface area contributed by atoms with Crippen LogP contribution in [0.3, 0.4) is 0 Å². The second-order valence-corrected chi connectivity index (χ2v) is 6.01. The average Bonchev–Trinajstić information content (AvgIpc) is 2.58. The van der Waals surface area contributed by atoms with Gasteiger partial charge in [-0.1, -0.05) is 0 Å². The summed E-state index contributed by atoms with van der Waals surface area (Å²) in [6.45, 7) is 4.93. The van der Waals surface area contributed by atoms with Gasteiger partial charge in [-0.25, -0.2) is 8.78 Å². The minimum absolute atomic E-state index is 0.0962. The van der Waals surface area contributed by atoms with Crippen molar-refractivity contribution in [2.75, 3.05) is 11.4 Å². The number of nitro benzene ring substituents is 1. The fourth-order valence-electron chi connectivity index (χ4n) is 2.40. The van der Waals surface area contributed by atoms with E-state index in [-0.39, 0.29) is 18.0 Å². The van der Waals surface area contributed by atoms with E-state index in [1.54, 1.807) is 6.92 Å². The number of hydrogen-bond acceptors (Lipinski definition) is 4. The number of halogens is 2. The summed E-state index contributed by atoms with van der Waals surface area (Å²) in [5.41, 5.74) is -1.10.